The van der Waals surface area contributed by atoms with Crippen molar-refractivity contribution in [2.45, 2.75) is 11.8 Å². The molecule has 2 rings (SSSR count). The summed E-state index contributed by atoms with van der Waals surface area (Å²) in [7, 11) is -3.42. The van der Waals surface area contributed by atoms with Crippen molar-refractivity contribution in [3.05, 3.63) is 29.8 Å². The van der Waals surface area contributed by atoms with Gasteiger partial charge in [0.15, 0.2) is 0 Å². The Hall–Kier alpha value is -0.430. The molecule has 1 aliphatic rings. The van der Waals surface area contributed by atoms with Crippen molar-refractivity contribution >= 4 is 26.0 Å². The van der Waals surface area contributed by atoms with Gasteiger partial charge in [0.2, 0.25) is 10.0 Å². The zero-order valence-electron chi connectivity index (χ0n) is 10.1. The number of aliphatic hydroxyl groups is 1. The predicted octanol–water partition coefficient (Wildman–Crippen LogP) is 1.37. The minimum Gasteiger partial charge on any atom is -0.396 e. The molecule has 0 radical (unpaired) electrons. The first kappa shape index (κ1) is 14.0. The Morgan fingerprint density at radius 2 is 2.00 bits per heavy atom. The van der Waals surface area contributed by atoms with Crippen molar-refractivity contribution in [1.29, 1.82) is 0 Å². The van der Waals surface area contributed by atoms with Gasteiger partial charge >= 0.3 is 0 Å². The summed E-state index contributed by atoms with van der Waals surface area (Å²) in [5.74, 6) is 0. The Balaban J connectivity index is 2.23. The number of alkyl halides is 1. The van der Waals surface area contributed by atoms with E-state index >= 15 is 0 Å². The molecule has 1 saturated heterocycles. The predicted molar refractivity (Wildman–Crippen MR) is 73.3 cm³/mol. The number of hydrogen-bond acceptors (Lipinski definition) is 3. The molecular weight excluding hydrogens is 318 g/mol. The number of halogens is 1. The molecule has 0 saturated carbocycles. The highest BCUT2D eigenvalue weighted by molar-refractivity contribution is 9.09. The number of hydrogen-bond donors (Lipinski definition) is 1. The third-order valence-electron chi connectivity index (χ3n) is 3.35. The highest BCUT2D eigenvalue weighted by Gasteiger charge is 2.47. The number of rotatable bonds is 4. The smallest absolute Gasteiger partial charge is 0.243 e. The molecule has 0 atom stereocenters. The fourth-order valence-corrected chi connectivity index (χ4v) is 4.51. The van der Waals surface area contributed by atoms with Crippen LogP contribution in [0.5, 0.6) is 0 Å². The first-order chi connectivity index (χ1) is 8.45. The van der Waals surface area contributed by atoms with Crippen molar-refractivity contribution in [2.24, 2.45) is 5.41 Å². The maximum Gasteiger partial charge on any atom is 0.243 e. The van der Waals surface area contributed by atoms with Gasteiger partial charge in [0.25, 0.3) is 0 Å². The molecule has 1 aromatic carbocycles. The summed E-state index contributed by atoms with van der Waals surface area (Å²) >= 11 is 3.33. The summed E-state index contributed by atoms with van der Waals surface area (Å²) < 4.78 is 26.2. The Morgan fingerprint density at radius 1 is 1.39 bits per heavy atom. The van der Waals surface area contributed by atoms with Crippen molar-refractivity contribution in [3.8, 4) is 0 Å². The summed E-state index contributed by atoms with van der Waals surface area (Å²) in [5, 5.41) is 9.90. The molecule has 1 aromatic rings. The third kappa shape index (κ3) is 2.22. The molecule has 18 heavy (non-hydrogen) atoms. The van der Waals surface area contributed by atoms with E-state index in [2.05, 4.69) is 15.9 Å². The number of nitrogens with zero attached hydrogens (tertiary/aromatic N) is 1. The van der Waals surface area contributed by atoms with E-state index < -0.39 is 10.0 Å². The topological polar surface area (TPSA) is 57.6 Å². The van der Waals surface area contributed by atoms with Gasteiger partial charge in [-0.05, 0) is 18.6 Å². The number of aliphatic hydroxyl groups excluding tert-OH is 1. The van der Waals surface area contributed by atoms with Crippen LogP contribution >= 0.6 is 15.9 Å². The van der Waals surface area contributed by atoms with Crippen LogP contribution in [-0.2, 0) is 10.0 Å². The maximum absolute atomic E-state index is 12.4. The van der Waals surface area contributed by atoms with Gasteiger partial charge in [-0.1, -0.05) is 34.1 Å². The summed E-state index contributed by atoms with van der Waals surface area (Å²) in [4.78, 5) is 0.353. The van der Waals surface area contributed by atoms with Crippen molar-refractivity contribution in [3.63, 3.8) is 0 Å². The second-order valence-electron chi connectivity index (χ2n) is 4.83. The fraction of sp³-hybridized carbons (Fsp3) is 0.500. The quantitative estimate of drug-likeness (QED) is 0.847. The van der Waals surface area contributed by atoms with Crippen LogP contribution in [0.15, 0.2) is 29.2 Å². The van der Waals surface area contributed by atoms with Gasteiger partial charge < -0.3 is 5.11 Å². The summed E-state index contributed by atoms with van der Waals surface area (Å²) in [6.07, 6.45) is 0. The van der Waals surface area contributed by atoms with Crippen molar-refractivity contribution in [1.82, 2.24) is 4.31 Å². The molecular formula is C12H16BrNO3S. The first-order valence-electron chi connectivity index (χ1n) is 5.68. The summed E-state index contributed by atoms with van der Waals surface area (Å²) in [6.45, 7) is 2.52. The molecule has 4 nitrogen and oxygen atoms in total. The van der Waals surface area contributed by atoms with Gasteiger partial charge in [0.05, 0.1) is 11.5 Å². The van der Waals surface area contributed by atoms with Crippen LogP contribution in [0.1, 0.15) is 5.56 Å². The Bertz CT molecular complexity index is 532. The number of benzene rings is 1. The molecule has 1 N–H and O–H groups in total. The lowest BCUT2D eigenvalue weighted by atomic mass is 9.85. The SMILES string of the molecule is Cc1ccccc1S(=O)(=O)N1CC(CO)(CBr)C1. The van der Waals surface area contributed by atoms with E-state index in [1.54, 1.807) is 25.1 Å². The Labute approximate surface area is 116 Å². The second-order valence-corrected chi connectivity index (χ2v) is 7.30. The van der Waals surface area contributed by atoms with E-state index in [-0.39, 0.29) is 12.0 Å². The molecule has 0 amide bonds. The van der Waals surface area contributed by atoms with Crippen LogP contribution in [0, 0.1) is 12.3 Å². The van der Waals surface area contributed by atoms with E-state index in [1.165, 1.54) is 4.31 Å². The molecule has 6 heteroatoms. The molecule has 1 fully saturated rings. The summed E-state index contributed by atoms with van der Waals surface area (Å²) in [5.41, 5.74) is 0.424. The second kappa shape index (κ2) is 4.92. The van der Waals surface area contributed by atoms with E-state index in [4.69, 9.17) is 0 Å². The van der Waals surface area contributed by atoms with Crippen molar-refractivity contribution < 1.29 is 13.5 Å². The summed E-state index contributed by atoms with van der Waals surface area (Å²) in [6, 6.07) is 6.96. The van der Waals surface area contributed by atoms with Crippen LogP contribution in [0.25, 0.3) is 0 Å². The van der Waals surface area contributed by atoms with Gasteiger partial charge in [-0.15, -0.1) is 0 Å². The van der Waals surface area contributed by atoms with Crippen LogP contribution in [0.3, 0.4) is 0 Å². The third-order valence-corrected chi connectivity index (χ3v) is 6.50. The van der Waals surface area contributed by atoms with Crippen LogP contribution < -0.4 is 0 Å². The molecule has 1 aliphatic heterocycles. The van der Waals surface area contributed by atoms with Crippen molar-refractivity contribution in [2.75, 3.05) is 25.0 Å². The maximum atomic E-state index is 12.4. The van der Waals surface area contributed by atoms with Crippen LogP contribution in [0.4, 0.5) is 0 Å². The van der Waals surface area contributed by atoms with Gasteiger partial charge in [0.1, 0.15) is 0 Å². The van der Waals surface area contributed by atoms with Gasteiger partial charge in [-0.25, -0.2) is 8.42 Å². The molecule has 100 valence electrons. The van der Waals surface area contributed by atoms with Gasteiger partial charge in [-0.3, -0.25) is 0 Å². The average Bonchev–Trinajstić information content (AvgIpc) is 2.29. The Morgan fingerprint density at radius 3 is 2.50 bits per heavy atom. The monoisotopic (exact) mass is 333 g/mol. The number of sulfonamides is 1. The first-order valence-corrected chi connectivity index (χ1v) is 8.24. The lowest BCUT2D eigenvalue weighted by Gasteiger charge is -2.47. The minimum absolute atomic E-state index is 0.00194. The van der Waals surface area contributed by atoms with Gasteiger partial charge in [-0.2, -0.15) is 4.31 Å². The normalized spacial score (nSPS) is 19.5. The minimum atomic E-state index is -3.42. The standard InChI is InChI=1S/C12H16BrNO3S/c1-10-4-2-3-5-11(10)18(16,17)14-7-12(6-13,8-14)9-15/h2-5,15H,6-9H2,1H3. The fourth-order valence-electron chi connectivity index (χ4n) is 2.08. The van der Waals surface area contributed by atoms with E-state index in [0.717, 1.165) is 5.56 Å². The van der Waals surface area contributed by atoms with E-state index in [1.807, 2.05) is 6.07 Å². The lowest BCUT2D eigenvalue weighted by Crippen LogP contribution is -2.61. The number of aryl methyl sites for hydroxylation is 1. The largest absolute Gasteiger partial charge is 0.396 e. The molecule has 1 heterocycles. The highest BCUT2D eigenvalue weighted by atomic mass is 79.9. The van der Waals surface area contributed by atoms with Crippen LogP contribution in [0.2, 0.25) is 0 Å². The molecule has 0 bridgehead atoms. The van der Waals surface area contributed by atoms with Gasteiger partial charge in [0, 0.05) is 23.8 Å². The van der Waals surface area contributed by atoms with E-state index in [0.29, 0.717) is 23.3 Å². The molecule has 0 aliphatic carbocycles. The Kier molecular flexibility index (Phi) is 3.82. The zero-order valence-corrected chi connectivity index (χ0v) is 12.5. The van der Waals surface area contributed by atoms with Crippen LogP contribution in [-0.4, -0.2) is 42.9 Å². The highest BCUT2D eigenvalue weighted by Crippen LogP contribution is 2.36. The van der Waals surface area contributed by atoms with E-state index in [9.17, 15) is 13.5 Å². The molecule has 0 aromatic heterocycles. The molecule has 0 unspecified atom stereocenters. The average molecular weight is 334 g/mol. The molecule has 0 spiro atoms. The zero-order chi connectivity index (χ0) is 13.4. The lowest BCUT2D eigenvalue weighted by molar-refractivity contribution is 0.0309.